The van der Waals surface area contributed by atoms with Gasteiger partial charge in [-0.2, -0.15) is 0 Å². The van der Waals surface area contributed by atoms with Crippen LogP contribution in [-0.2, 0) is 11.3 Å². The van der Waals surface area contributed by atoms with Crippen LogP contribution in [0.1, 0.15) is 39.4 Å². The molecule has 136 valence electrons. The molecular weight excluding hydrogens is 312 g/mol. The summed E-state index contributed by atoms with van der Waals surface area (Å²) in [6.45, 7) is 11.7. The first kappa shape index (κ1) is 17.9. The molecule has 25 heavy (non-hydrogen) atoms. The largest absolute Gasteiger partial charge is 0.350 e. The van der Waals surface area contributed by atoms with Crippen molar-refractivity contribution in [3.8, 4) is 0 Å². The van der Waals surface area contributed by atoms with Crippen molar-refractivity contribution in [1.29, 1.82) is 0 Å². The van der Waals surface area contributed by atoms with Crippen LogP contribution < -0.4 is 5.32 Å². The first-order valence-electron chi connectivity index (χ1n) is 9.27. The second-order valence-corrected chi connectivity index (χ2v) is 8.28. The number of aromatic nitrogens is 2. The number of likely N-dealkylation sites (tertiary alicyclic amines) is 1. The Hall–Kier alpha value is -1.88. The van der Waals surface area contributed by atoms with E-state index in [0.29, 0.717) is 12.5 Å². The molecule has 1 aromatic heterocycles. The number of piperidine rings is 1. The van der Waals surface area contributed by atoms with Crippen molar-refractivity contribution >= 4 is 16.9 Å². The predicted molar refractivity (Wildman–Crippen MR) is 102 cm³/mol. The maximum atomic E-state index is 12.1. The molecule has 0 atom stereocenters. The van der Waals surface area contributed by atoms with E-state index in [0.717, 1.165) is 43.8 Å². The summed E-state index contributed by atoms with van der Waals surface area (Å²) in [5, 5.41) is 3.05. The Morgan fingerprint density at radius 1 is 1.24 bits per heavy atom. The number of carbonyl (C=O) groups is 1. The molecule has 1 N–H and O–H groups in total. The smallest absolute Gasteiger partial charge is 0.234 e. The molecule has 0 unspecified atom stereocenters. The first-order valence-corrected chi connectivity index (χ1v) is 9.27. The number of nitrogens with one attached hydrogen (secondary N) is 1. The van der Waals surface area contributed by atoms with Gasteiger partial charge < -0.3 is 9.88 Å². The predicted octanol–water partition coefficient (Wildman–Crippen LogP) is 2.97. The van der Waals surface area contributed by atoms with E-state index in [1.807, 2.05) is 26.8 Å². The van der Waals surface area contributed by atoms with Crippen LogP contribution >= 0.6 is 0 Å². The lowest BCUT2D eigenvalue weighted by Crippen LogP contribution is -2.47. The highest BCUT2D eigenvalue weighted by atomic mass is 16.2. The van der Waals surface area contributed by atoms with Crippen LogP contribution in [0.5, 0.6) is 0 Å². The van der Waals surface area contributed by atoms with Crippen molar-refractivity contribution in [2.75, 3.05) is 19.6 Å². The average molecular weight is 342 g/mol. The molecule has 0 spiro atoms. The van der Waals surface area contributed by atoms with E-state index in [9.17, 15) is 4.79 Å². The van der Waals surface area contributed by atoms with E-state index in [4.69, 9.17) is 0 Å². The van der Waals surface area contributed by atoms with Gasteiger partial charge in [-0.25, -0.2) is 4.98 Å². The number of benzene rings is 1. The average Bonchev–Trinajstić information content (AvgIpc) is 2.83. The Morgan fingerprint density at radius 2 is 1.92 bits per heavy atom. The van der Waals surface area contributed by atoms with Gasteiger partial charge in [0, 0.05) is 12.1 Å². The van der Waals surface area contributed by atoms with Crippen molar-refractivity contribution in [2.45, 2.75) is 52.6 Å². The van der Waals surface area contributed by atoms with Gasteiger partial charge >= 0.3 is 0 Å². The Morgan fingerprint density at radius 3 is 2.60 bits per heavy atom. The minimum atomic E-state index is -0.157. The van der Waals surface area contributed by atoms with Gasteiger partial charge in [0.05, 0.1) is 17.6 Å². The van der Waals surface area contributed by atoms with E-state index in [2.05, 4.69) is 44.9 Å². The summed E-state index contributed by atoms with van der Waals surface area (Å²) in [6.07, 6.45) is 2.27. The van der Waals surface area contributed by atoms with Gasteiger partial charge in [0.2, 0.25) is 5.91 Å². The molecule has 0 bridgehead atoms. The molecule has 5 heteroatoms. The van der Waals surface area contributed by atoms with E-state index in [1.165, 1.54) is 5.52 Å². The number of para-hydroxylation sites is 2. The number of nitrogens with zero attached hydrogens (tertiary/aromatic N) is 3. The summed E-state index contributed by atoms with van der Waals surface area (Å²) in [7, 11) is 0. The molecule has 1 aromatic carbocycles. The number of imidazole rings is 1. The van der Waals surface area contributed by atoms with Crippen LogP contribution in [0.25, 0.3) is 11.0 Å². The summed E-state index contributed by atoms with van der Waals surface area (Å²) < 4.78 is 2.35. The zero-order valence-electron chi connectivity index (χ0n) is 15.9. The minimum Gasteiger partial charge on any atom is -0.350 e. The molecule has 0 aliphatic carbocycles. The zero-order chi connectivity index (χ0) is 18.0. The molecule has 0 radical (unpaired) electrons. The maximum absolute atomic E-state index is 12.1. The van der Waals surface area contributed by atoms with E-state index >= 15 is 0 Å². The quantitative estimate of drug-likeness (QED) is 0.929. The van der Waals surface area contributed by atoms with Gasteiger partial charge in [0.15, 0.2) is 0 Å². The maximum Gasteiger partial charge on any atom is 0.234 e. The SMILES string of the molecule is Cc1nc2ccccc2n1CC1CCN(CC(=O)NC(C)(C)C)CC1. The second-order valence-electron chi connectivity index (χ2n) is 8.28. The number of carbonyl (C=O) groups excluding carboxylic acids is 1. The molecule has 1 amide bonds. The number of hydrogen-bond acceptors (Lipinski definition) is 3. The van der Waals surface area contributed by atoms with Crippen LogP contribution in [-0.4, -0.2) is 45.5 Å². The van der Waals surface area contributed by atoms with Crippen molar-refractivity contribution in [3.05, 3.63) is 30.1 Å². The fourth-order valence-corrected chi connectivity index (χ4v) is 3.67. The topological polar surface area (TPSA) is 50.2 Å². The van der Waals surface area contributed by atoms with E-state index < -0.39 is 0 Å². The number of amides is 1. The van der Waals surface area contributed by atoms with Crippen molar-refractivity contribution in [1.82, 2.24) is 19.8 Å². The third-order valence-electron chi connectivity index (χ3n) is 4.87. The molecule has 1 fully saturated rings. The highest BCUT2D eigenvalue weighted by molar-refractivity contribution is 5.78. The number of fused-ring (bicyclic) bond motifs is 1. The Labute approximate surface area is 150 Å². The lowest BCUT2D eigenvalue weighted by Gasteiger charge is -2.32. The van der Waals surface area contributed by atoms with Gasteiger partial charge in [-0.05, 0) is 71.7 Å². The molecule has 1 saturated heterocycles. The van der Waals surface area contributed by atoms with Crippen molar-refractivity contribution in [3.63, 3.8) is 0 Å². The Bertz CT molecular complexity index is 736. The lowest BCUT2D eigenvalue weighted by molar-refractivity contribution is -0.124. The number of aryl methyl sites for hydroxylation is 1. The molecule has 2 aromatic rings. The third-order valence-corrected chi connectivity index (χ3v) is 4.87. The summed E-state index contributed by atoms with van der Waals surface area (Å²) >= 11 is 0. The number of hydrogen-bond donors (Lipinski definition) is 1. The van der Waals surface area contributed by atoms with Crippen LogP contribution in [0.15, 0.2) is 24.3 Å². The van der Waals surface area contributed by atoms with E-state index in [-0.39, 0.29) is 11.4 Å². The Balaban J connectivity index is 1.54. The normalized spacial score (nSPS) is 17.1. The van der Waals surface area contributed by atoms with Crippen LogP contribution in [0.4, 0.5) is 0 Å². The summed E-state index contributed by atoms with van der Waals surface area (Å²) in [5.41, 5.74) is 2.15. The van der Waals surface area contributed by atoms with Gasteiger partial charge in [-0.1, -0.05) is 12.1 Å². The van der Waals surface area contributed by atoms with E-state index in [1.54, 1.807) is 0 Å². The summed E-state index contributed by atoms with van der Waals surface area (Å²) in [5.74, 6) is 1.87. The van der Waals surface area contributed by atoms with Crippen LogP contribution in [0.2, 0.25) is 0 Å². The molecule has 0 saturated carbocycles. The lowest BCUT2D eigenvalue weighted by atomic mass is 9.96. The first-order chi connectivity index (χ1) is 11.8. The highest BCUT2D eigenvalue weighted by Gasteiger charge is 2.23. The Kier molecular flexibility index (Phi) is 5.13. The standard InChI is InChI=1S/C20H30N4O/c1-15-21-17-7-5-6-8-18(17)24(15)13-16-9-11-23(12-10-16)14-19(25)22-20(2,3)4/h5-8,16H,9-14H2,1-4H3,(H,22,25). The van der Waals surface area contributed by atoms with Crippen molar-refractivity contribution in [2.24, 2.45) is 5.92 Å². The number of rotatable bonds is 4. The van der Waals surface area contributed by atoms with Crippen LogP contribution in [0.3, 0.4) is 0 Å². The van der Waals surface area contributed by atoms with Gasteiger partial charge in [0.25, 0.3) is 0 Å². The molecule has 2 heterocycles. The molecule has 3 rings (SSSR count). The minimum absolute atomic E-state index is 0.127. The monoisotopic (exact) mass is 342 g/mol. The summed E-state index contributed by atoms with van der Waals surface area (Å²) in [4.78, 5) is 19.0. The van der Waals surface area contributed by atoms with Crippen LogP contribution in [0, 0.1) is 12.8 Å². The molecule has 5 nitrogen and oxygen atoms in total. The third kappa shape index (κ3) is 4.60. The summed E-state index contributed by atoms with van der Waals surface area (Å²) in [6, 6.07) is 8.35. The van der Waals surface area contributed by atoms with Crippen molar-refractivity contribution < 1.29 is 4.79 Å². The second kappa shape index (κ2) is 7.16. The van der Waals surface area contributed by atoms with Gasteiger partial charge in [-0.15, -0.1) is 0 Å². The molecule has 1 aliphatic rings. The molecule has 1 aliphatic heterocycles. The van der Waals surface area contributed by atoms with Gasteiger partial charge in [-0.3, -0.25) is 9.69 Å². The van der Waals surface area contributed by atoms with Gasteiger partial charge in [0.1, 0.15) is 5.82 Å². The molecular formula is C20H30N4O. The highest BCUT2D eigenvalue weighted by Crippen LogP contribution is 2.23. The fourth-order valence-electron chi connectivity index (χ4n) is 3.67. The zero-order valence-corrected chi connectivity index (χ0v) is 15.9. The fraction of sp³-hybridized carbons (Fsp3) is 0.600.